The average Bonchev–Trinajstić information content (AvgIpc) is 2.36. The summed E-state index contributed by atoms with van der Waals surface area (Å²) in [6.07, 6.45) is 0. The molecule has 0 amide bonds. The number of piperazine rings is 1. The van der Waals surface area contributed by atoms with Gasteiger partial charge in [0.2, 0.25) is 0 Å². The summed E-state index contributed by atoms with van der Waals surface area (Å²) in [4.78, 5) is 11.3. The Bertz CT molecular complexity index is 591. The third-order valence-corrected chi connectivity index (χ3v) is 3.62. The number of nitrogens with one attached hydrogen (secondary N) is 1. The van der Waals surface area contributed by atoms with Gasteiger partial charge in [-0.3, -0.25) is 0 Å². The highest BCUT2D eigenvalue weighted by atomic mass is 35.5. The highest BCUT2D eigenvalue weighted by molar-refractivity contribution is 6.32. The first kappa shape index (κ1) is 12.6. The van der Waals surface area contributed by atoms with Crippen LogP contribution in [0, 0.1) is 0 Å². The molecule has 1 fully saturated rings. The molecular weight excluding hydrogens is 260 g/mol. The maximum absolute atomic E-state index is 6.30. The Hall–Kier alpha value is -1.39. The van der Waals surface area contributed by atoms with Crippen LogP contribution in [0.4, 0.5) is 5.82 Å². The van der Waals surface area contributed by atoms with Crippen molar-refractivity contribution in [3.05, 3.63) is 29.4 Å². The van der Waals surface area contributed by atoms with Crippen molar-refractivity contribution in [3.8, 4) is 0 Å². The topological polar surface area (TPSA) is 41.1 Å². The fourth-order valence-corrected chi connectivity index (χ4v) is 2.92. The number of nitrogens with zero attached hydrogens (tertiary/aromatic N) is 3. The number of halogens is 1. The zero-order chi connectivity index (χ0) is 13.4. The second-order valence-electron chi connectivity index (χ2n) is 5.20. The number of para-hydroxylation sites is 2. The molecule has 0 saturated carbocycles. The molecule has 1 saturated heterocycles. The number of hydrogen-bond donors (Lipinski definition) is 1. The van der Waals surface area contributed by atoms with Crippen molar-refractivity contribution in [2.45, 2.75) is 25.9 Å². The maximum Gasteiger partial charge on any atom is 0.172 e. The zero-order valence-electron chi connectivity index (χ0n) is 11.1. The first-order valence-corrected chi connectivity index (χ1v) is 6.94. The summed E-state index contributed by atoms with van der Waals surface area (Å²) in [6.45, 7) is 6.14. The molecule has 1 aliphatic rings. The molecule has 0 bridgehead atoms. The molecule has 2 heterocycles. The predicted molar refractivity (Wildman–Crippen MR) is 78.8 cm³/mol. The van der Waals surface area contributed by atoms with Crippen LogP contribution in [0.25, 0.3) is 11.0 Å². The number of anilines is 1. The Morgan fingerprint density at radius 1 is 1.11 bits per heavy atom. The van der Waals surface area contributed by atoms with Crippen LogP contribution in [0.5, 0.6) is 0 Å². The second kappa shape index (κ2) is 4.94. The van der Waals surface area contributed by atoms with E-state index in [0.717, 1.165) is 29.9 Å². The Morgan fingerprint density at radius 2 is 1.68 bits per heavy atom. The molecule has 1 aromatic carbocycles. The standard InChI is InChI=1S/C14H17ClN4/c1-9-7-19(8-10(2)16-9)14-13(15)17-11-5-3-4-6-12(11)18-14/h3-6,9-10,16H,7-8H2,1-2H3/t9-,10-/m0/s1. The van der Waals surface area contributed by atoms with E-state index in [9.17, 15) is 0 Å². The summed E-state index contributed by atoms with van der Waals surface area (Å²) in [5.74, 6) is 0.792. The van der Waals surface area contributed by atoms with Crippen LogP contribution < -0.4 is 10.2 Å². The van der Waals surface area contributed by atoms with Crippen molar-refractivity contribution >= 4 is 28.5 Å². The molecule has 100 valence electrons. The van der Waals surface area contributed by atoms with Crippen molar-refractivity contribution in [2.24, 2.45) is 0 Å². The first-order valence-electron chi connectivity index (χ1n) is 6.57. The lowest BCUT2D eigenvalue weighted by molar-refractivity contribution is 0.405. The van der Waals surface area contributed by atoms with Crippen LogP contribution in [0.1, 0.15) is 13.8 Å². The molecule has 0 spiro atoms. The van der Waals surface area contributed by atoms with Gasteiger partial charge in [-0.25, -0.2) is 9.97 Å². The molecule has 1 N–H and O–H groups in total. The minimum absolute atomic E-state index is 0.424. The lowest BCUT2D eigenvalue weighted by atomic mass is 10.1. The Labute approximate surface area is 117 Å². The van der Waals surface area contributed by atoms with E-state index in [1.807, 2.05) is 24.3 Å². The van der Waals surface area contributed by atoms with E-state index in [-0.39, 0.29) is 0 Å². The van der Waals surface area contributed by atoms with Crippen molar-refractivity contribution in [3.63, 3.8) is 0 Å². The van der Waals surface area contributed by atoms with Gasteiger partial charge >= 0.3 is 0 Å². The zero-order valence-corrected chi connectivity index (χ0v) is 11.9. The lowest BCUT2D eigenvalue weighted by Crippen LogP contribution is -2.54. The Kier molecular flexibility index (Phi) is 3.29. The predicted octanol–water partition coefficient (Wildman–Crippen LogP) is 2.47. The molecule has 5 heteroatoms. The van der Waals surface area contributed by atoms with Crippen molar-refractivity contribution < 1.29 is 0 Å². The summed E-state index contributed by atoms with van der Waals surface area (Å²) in [7, 11) is 0. The van der Waals surface area contributed by atoms with E-state index < -0.39 is 0 Å². The van der Waals surface area contributed by atoms with Gasteiger partial charge < -0.3 is 10.2 Å². The van der Waals surface area contributed by atoms with Crippen LogP contribution in [0.3, 0.4) is 0 Å². The lowest BCUT2D eigenvalue weighted by Gasteiger charge is -2.37. The van der Waals surface area contributed by atoms with Crippen LogP contribution in [0.2, 0.25) is 5.15 Å². The molecule has 4 nitrogen and oxygen atoms in total. The minimum atomic E-state index is 0.424. The summed E-state index contributed by atoms with van der Waals surface area (Å²) >= 11 is 6.30. The summed E-state index contributed by atoms with van der Waals surface area (Å²) in [5, 5.41) is 3.99. The van der Waals surface area contributed by atoms with Crippen molar-refractivity contribution in [1.82, 2.24) is 15.3 Å². The number of hydrogen-bond acceptors (Lipinski definition) is 4. The molecule has 3 rings (SSSR count). The smallest absolute Gasteiger partial charge is 0.172 e. The van der Waals surface area contributed by atoms with Gasteiger partial charge in [0.1, 0.15) is 0 Å². The van der Waals surface area contributed by atoms with Crippen LogP contribution in [-0.4, -0.2) is 35.1 Å². The molecule has 2 atom stereocenters. The molecule has 19 heavy (non-hydrogen) atoms. The monoisotopic (exact) mass is 276 g/mol. The van der Waals surface area contributed by atoms with Crippen molar-refractivity contribution in [1.29, 1.82) is 0 Å². The van der Waals surface area contributed by atoms with Gasteiger partial charge in [0.15, 0.2) is 11.0 Å². The average molecular weight is 277 g/mol. The summed E-state index contributed by atoms with van der Waals surface area (Å²) in [6, 6.07) is 8.67. The molecular formula is C14H17ClN4. The number of aromatic nitrogens is 2. The van der Waals surface area contributed by atoms with Crippen LogP contribution in [0.15, 0.2) is 24.3 Å². The van der Waals surface area contributed by atoms with Gasteiger partial charge in [0.05, 0.1) is 11.0 Å². The van der Waals surface area contributed by atoms with E-state index in [2.05, 4.69) is 34.0 Å². The Balaban J connectivity index is 2.01. The summed E-state index contributed by atoms with van der Waals surface area (Å²) in [5.41, 5.74) is 1.73. The Morgan fingerprint density at radius 3 is 2.32 bits per heavy atom. The largest absolute Gasteiger partial charge is 0.351 e. The van der Waals surface area contributed by atoms with E-state index >= 15 is 0 Å². The molecule has 0 radical (unpaired) electrons. The van der Waals surface area contributed by atoms with Crippen molar-refractivity contribution in [2.75, 3.05) is 18.0 Å². The van der Waals surface area contributed by atoms with Gasteiger partial charge in [-0.2, -0.15) is 0 Å². The third kappa shape index (κ3) is 2.51. The molecule has 0 unspecified atom stereocenters. The van der Waals surface area contributed by atoms with Crippen LogP contribution >= 0.6 is 11.6 Å². The summed E-state index contributed by atoms with van der Waals surface area (Å²) < 4.78 is 0. The first-order chi connectivity index (χ1) is 9.13. The number of rotatable bonds is 1. The van der Waals surface area contributed by atoms with Gasteiger partial charge in [0, 0.05) is 25.2 Å². The molecule has 1 aromatic heterocycles. The van der Waals surface area contributed by atoms with E-state index in [1.165, 1.54) is 0 Å². The highest BCUT2D eigenvalue weighted by Crippen LogP contribution is 2.26. The van der Waals surface area contributed by atoms with Gasteiger partial charge in [-0.05, 0) is 26.0 Å². The molecule has 0 aliphatic carbocycles. The van der Waals surface area contributed by atoms with Gasteiger partial charge in [0.25, 0.3) is 0 Å². The third-order valence-electron chi connectivity index (χ3n) is 3.37. The second-order valence-corrected chi connectivity index (χ2v) is 5.56. The normalized spacial score (nSPS) is 23.8. The maximum atomic E-state index is 6.30. The minimum Gasteiger partial charge on any atom is -0.351 e. The fraction of sp³-hybridized carbons (Fsp3) is 0.429. The number of fused-ring (bicyclic) bond motifs is 1. The van der Waals surface area contributed by atoms with Gasteiger partial charge in [-0.15, -0.1) is 0 Å². The van der Waals surface area contributed by atoms with E-state index in [0.29, 0.717) is 17.2 Å². The van der Waals surface area contributed by atoms with Crippen LogP contribution in [-0.2, 0) is 0 Å². The van der Waals surface area contributed by atoms with Gasteiger partial charge in [-0.1, -0.05) is 23.7 Å². The SMILES string of the molecule is C[C@H]1CN(c2nc3ccccc3nc2Cl)C[C@H](C)N1. The highest BCUT2D eigenvalue weighted by Gasteiger charge is 2.24. The quantitative estimate of drug-likeness (QED) is 0.869. The number of benzene rings is 1. The van der Waals surface area contributed by atoms with E-state index in [4.69, 9.17) is 11.6 Å². The fourth-order valence-electron chi connectivity index (χ4n) is 2.67. The molecule has 1 aliphatic heterocycles. The molecule has 2 aromatic rings. The van der Waals surface area contributed by atoms with E-state index in [1.54, 1.807) is 0 Å².